The number of alkyl halides is 3. The van der Waals surface area contributed by atoms with Gasteiger partial charge in [0.2, 0.25) is 0 Å². The maximum absolute atomic E-state index is 12.0. The number of hydrogen-bond donors (Lipinski definition) is 2. The van der Waals surface area contributed by atoms with Gasteiger partial charge >= 0.3 is 6.18 Å². The Labute approximate surface area is 123 Å². The standard InChI is InChI=1S/C12H16BrF3N2O2/c1-19-11-3-2-8(5-10(11)13)4-9(18-17)6-20-7-12(14,15)16/h2-3,5,9,18H,4,6-7,17H2,1H3. The normalized spacial score (nSPS) is 13.3. The van der Waals surface area contributed by atoms with Crippen molar-refractivity contribution < 1.29 is 22.6 Å². The minimum absolute atomic E-state index is 0.125. The Morgan fingerprint density at radius 1 is 1.40 bits per heavy atom. The largest absolute Gasteiger partial charge is 0.496 e. The molecule has 1 aromatic rings. The molecule has 0 aromatic heterocycles. The van der Waals surface area contributed by atoms with Crippen LogP contribution in [0.3, 0.4) is 0 Å². The summed E-state index contributed by atoms with van der Waals surface area (Å²) in [5.74, 6) is 6.00. The van der Waals surface area contributed by atoms with E-state index in [9.17, 15) is 13.2 Å². The van der Waals surface area contributed by atoms with E-state index in [1.54, 1.807) is 13.2 Å². The highest BCUT2D eigenvalue weighted by molar-refractivity contribution is 9.10. The quantitative estimate of drug-likeness (QED) is 0.581. The Hall–Kier alpha value is -0.830. The molecule has 1 rings (SSSR count). The van der Waals surface area contributed by atoms with Crippen LogP contribution in [0, 0.1) is 0 Å². The zero-order chi connectivity index (χ0) is 15.2. The van der Waals surface area contributed by atoms with E-state index in [0.29, 0.717) is 12.2 Å². The van der Waals surface area contributed by atoms with Crippen molar-refractivity contribution in [2.24, 2.45) is 5.84 Å². The molecule has 0 heterocycles. The lowest BCUT2D eigenvalue weighted by Crippen LogP contribution is -2.41. The van der Waals surface area contributed by atoms with Crippen LogP contribution in [0.25, 0.3) is 0 Å². The van der Waals surface area contributed by atoms with E-state index in [-0.39, 0.29) is 6.61 Å². The summed E-state index contributed by atoms with van der Waals surface area (Å²) < 4.78 is 46.4. The molecule has 3 N–H and O–H groups in total. The van der Waals surface area contributed by atoms with Crippen molar-refractivity contribution in [1.82, 2.24) is 5.43 Å². The van der Waals surface area contributed by atoms with Crippen LogP contribution in [0.1, 0.15) is 5.56 Å². The van der Waals surface area contributed by atoms with Crippen LogP contribution in [-0.2, 0) is 11.2 Å². The smallest absolute Gasteiger partial charge is 0.411 e. The van der Waals surface area contributed by atoms with E-state index in [1.807, 2.05) is 12.1 Å². The predicted octanol–water partition coefficient (Wildman–Crippen LogP) is 2.41. The first kappa shape index (κ1) is 17.2. The molecule has 0 aliphatic heterocycles. The van der Waals surface area contributed by atoms with Gasteiger partial charge in [-0.25, -0.2) is 0 Å². The second-order valence-corrected chi connectivity index (χ2v) is 5.02. The van der Waals surface area contributed by atoms with Gasteiger partial charge in [-0.1, -0.05) is 6.07 Å². The van der Waals surface area contributed by atoms with Gasteiger partial charge in [0, 0.05) is 6.04 Å². The van der Waals surface area contributed by atoms with Gasteiger partial charge in [-0.3, -0.25) is 11.3 Å². The highest BCUT2D eigenvalue weighted by atomic mass is 79.9. The second kappa shape index (κ2) is 7.82. The molecule has 0 bridgehead atoms. The molecule has 4 nitrogen and oxygen atoms in total. The van der Waals surface area contributed by atoms with Crippen molar-refractivity contribution in [1.29, 1.82) is 0 Å². The number of rotatable bonds is 7. The van der Waals surface area contributed by atoms with Crippen LogP contribution in [0.15, 0.2) is 22.7 Å². The van der Waals surface area contributed by atoms with Crippen molar-refractivity contribution in [2.45, 2.75) is 18.6 Å². The number of hydrogen-bond acceptors (Lipinski definition) is 4. The molecular weight excluding hydrogens is 341 g/mol. The summed E-state index contributed by atoms with van der Waals surface area (Å²) in [6, 6.07) is 5.01. The lowest BCUT2D eigenvalue weighted by Gasteiger charge is -2.17. The molecule has 0 fully saturated rings. The molecule has 20 heavy (non-hydrogen) atoms. The molecule has 0 saturated carbocycles. The van der Waals surface area contributed by atoms with Crippen molar-refractivity contribution in [3.05, 3.63) is 28.2 Å². The van der Waals surface area contributed by atoms with Crippen molar-refractivity contribution in [3.63, 3.8) is 0 Å². The first-order valence-corrected chi connectivity index (χ1v) is 6.58. The number of ether oxygens (including phenoxy) is 2. The SMILES string of the molecule is COc1ccc(CC(COCC(F)(F)F)NN)cc1Br. The minimum Gasteiger partial charge on any atom is -0.496 e. The summed E-state index contributed by atoms with van der Waals surface area (Å²) in [5, 5.41) is 0. The molecule has 0 amide bonds. The first-order chi connectivity index (χ1) is 9.35. The van der Waals surface area contributed by atoms with E-state index >= 15 is 0 Å². The summed E-state index contributed by atoms with van der Waals surface area (Å²) in [5.41, 5.74) is 3.35. The Morgan fingerprint density at radius 3 is 2.60 bits per heavy atom. The van der Waals surface area contributed by atoms with Gasteiger partial charge in [0.15, 0.2) is 0 Å². The second-order valence-electron chi connectivity index (χ2n) is 4.17. The van der Waals surface area contributed by atoms with Crippen molar-refractivity contribution in [2.75, 3.05) is 20.3 Å². The third kappa shape index (κ3) is 6.08. The van der Waals surface area contributed by atoms with Crippen LogP contribution in [0.4, 0.5) is 13.2 Å². The third-order valence-corrected chi connectivity index (χ3v) is 3.14. The lowest BCUT2D eigenvalue weighted by atomic mass is 10.1. The molecule has 0 saturated heterocycles. The molecule has 114 valence electrons. The lowest BCUT2D eigenvalue weighted by molar-refractivity contribution is -0.175. The molecule has 0 radical (unpaired) electrons. The topological polar surface area (TPSA) is 56.5 Å². The zero-order valence-electron chi connectivity index (χ0n) is 10.8. The zero-order valence-corrected chi connectivity index (χ0v) is 12.4. The predicted molar refractivity (Wildman–Crippen MR) is 72.4 cm³/mol. The van der Waals surface area contributed by atoms with Crippen molar-refractivity contribution >= 4 is 15.9 Å². The average Bonchev–Trinajstić information content (AvgIpc) is 2.36. The fourth-order valence-corrected chi connectivity index (χ4v) is 2.19. The summed E-state index contributed by atoms with van der Waals surface area (Å²) in [7, 11) is 1.55. The van der Waals surface area contributed by atoms with Crippen LogP contribution in [0.2, 0.25) is 0 Å². The summed E-state index contributed by atoms with van der Waals surface area (Å²) in [4.78, 5) is 0. The first-order valence-electron chi connectivity index (χ1n) is 5.78. The van der Waals surface area contributed by atoms with Gasteiger partial charge < -0.3 is 9.47 Å². The molecule has 0 spiro atoms. The van der Waals surface area contributed by atoms with E-state index in [0.717, 1.165) is 10.0 Å². The molecule has 8 heteroatoms. The van der Waals surface area contributed by atoms with Crippen LogP contribution in [-0.4, -0.2) is 32.5 Å². The van der Waals surface area contributed by atoms with Crippen LogP contribution >= 0.6 is 15.9 Å². The molecule has 0 aliphatic carbocycles. The minimum atomic E-state index is -4.33. The molecule has 1 unspecified atom stereocenters. The summed E-state index contributed by atoms with van der Waals surface area (Å²) >= 11 is 3.34. The monoisotopic (exact) mass is 356 g/mol. The summed E-state index contributed by atoms with van der Waals surface area (Å²) in [6.45, 7) is -1.41. The number of halogens is 4. The number of nitrogens with one attached hydrogen (secondary N) is 1. The third-order valence-electron chi connectivity index (χ3n) is 2.52. The summed E-state index contributed by atoms with van der Waals surface area (Å²) in [6.07, 6.45) is -3.89. The van der Waals surface area contributed by atoms with Gasteiger partial charge in [-0.2, -0.15) is 13.2 Å². The highest BCUT2D eigenvalue weighted by Crippen LogP contribution is 2.26. The van der Waals surface area contributed by atoms with Gasteiger partial charge in [-0.05, 0) is 40.0 Å². The fourth-order valence-electron chi connectivity index (χ4n) is 1.60. The van der Waals surface area contributed by atoms with Crippen LogP contribution < -0.4 is 16.0 Å². The van der Waals surface area contributed by atoms with E-state index < -0.39 is 18.8 Å². The van der Waals surface area contributed by atoms with Gasteiger partial charge in [0.1, 0.15) is 12.4 Å². The van der Waals surface area contributed by atoms with Gasteiger partial charge in [-0.15, -0.1) is 0 Å². The molecular formula is C12H16BrF3N2O2. The average molecular weight is 357 g/mol. The molecule has 1 aromatic carbocycles. The van der Waals surface area contributed by atoms with E-state index in [2.05, 4.69) is 26.1 Å². The Morgan fingerprint density at radius 2 is 2.10 bits per heavy atom. The molecule has 0 aliphatic rings. The molecule has 1 atom stereocenters. The number of methoxy groups -OCH3 is 1. The van der Waals surface area contributed by atoms with Crippen LogP contribution in [0.5, 0.6) is 5.75 Å². The van der Waals surface area contributed by atoms with E-state index in [1.165, 1.54) is 0 Å². The Kier molecular flexibility index (Phi) is 6.74. The number of nitrogens with two attached hydrogens (primary N) is 1. The maximum atomic E-state index is 12.0. The van der Waals surface area contributed by atoms with Gasteiger partial charge in [0.05, 0.1) is 18.2 Å². The Balaban J connectivity index is 2.53. The number of benzene rings is 1. The Bertz CT molecular complexity index is 430. The van der Waals surface area contributed by atoms with E-state index in [4.69, 9.17) is 10.6 Å². The fraction of sp³-hybridized carbons (Fsp3) is 0.500. The maximum Gasteiger partial charge on any atom is 0.411 e. The highest BCUT2D eigenvalue weighted by Gasteiger charge is 2.27. The van der Waals surface area contributed by atoms with Crippen molar-refractivity contribution in [3.8, 4) is 5.75 Å². The number of hydrazine groups is 1. The van der Waals surface area contributed by atoms with Gasteiger partial charge in [0.25, 0.3) is 0 Å².